The van der Waals surface area contributed by atoms with Crippen molar-refractivity contribution in [2.24, 2.45) is 0 Å². The molecule has 0 aliphatic heterocycles. The van der Waals surface area contributed by atoms with Crippen molar-refractivity contribution in [3.8, 4) is 22.5 Å². The standard InChI is InChI=1S/C22H20N6O/c1-14-23-19-7-4-8-20(29)21(19)28(14)13-15-9-11-16(12-10-15)17-5-2-3-6-18(17)22-24-26-27-25-22/h2-3,5-6,9-12H,4,7-8,13H2,1H3,(H,24,25,26,27). The molecule has 1 aliphatic carbocycles. The van der Waals surface area contributed by atoms with Gasteiger partial charge in [-0.15, -0.1) is 10.2 Å². The zero-order valence-electron chi connectivity index (χ0n) is 16.1. The van der Waals surface area contributed by atoms with Crippen molar-refractivity contribution in [1.82, 2.24) is 30.2 Å². The number of ketones is 1. The van der Waals surface area contributed by atoms with Crippen LogP contribution in [0.15, 0.2) is 48.5 Å². The molecule has 7 nitrogen and oxygen atoms in total. The number of nitrogens with one attached hydrogen (secondary N) is 1. The lowest BCUT2D eigenvalue weighted by atomic mass is 9.98. The molecule has 0 spiro atoms. The Bertz CT molecular complexity index is 1170. The Hall–Kier alpha value is -3.61. The van der Waals surface area contributed by atoms with Crippen LogP contribution in [0.2, 0.25) is 0 Å². The molecule has 0 radical (unpaired) electrons. The van der Waals surface area contributed by atoms with Crippen LogP contribution in [0.5, 0.6) is 0 Å². The third-order valence-corrected chi connectivity index (χ3v) is 5.43. The van der Waals surface area contributed by atoms with E-state index in [0.29, 0.717) is 18.8 Å². The number of hydrogen-bond donors (Lipinski definition) is 1. The van der Waals surface area contributed by atoms with Crippen LogP contribution in [0.1, 0.15) is 40.4 Å². The highest BCUT2D eigenvalue weighted by Gasteiger charge is 2.24. The highest BCUT2D eigenvalue weighted by atomic mass is 16.1. The third-order valence-electron chi connectivity index (χ3n) is 5.43. The molecule has 0 saturated carbocycles. The smallest absolute Gasteiger partial charge is 0.205 e. The van der Waals surface area contributed by atoms with Gasteiger partial charge in [0.1, 0.15) is 11.5 Å². The average molecular weight is 384 g/mol. The first-order valence-corrected chi connectivity index (χ1v) is 9.72. The highest BCUT2D eigenvalue weighted by molar-refractivity contribution is 5.96. The number of aromatic amines is 1. The predicted molar refractivity (Wildman–Crippen MR) is 108 cm³/mol. The number of aryl methyl sites for hydroxylation is 2. The zero-order chi connectivity index (χ0) is 19.8. The van der Waals surface area contributed by atoms with E-state index in [1.54, 1.807) is 0 Å². The van der Waals surface area contributed by atoms with E-state index < -0.39 is 0 Å². The van der Waals surface area contributed by atoms with Crippen molar-refractivity contribution in [3.05, 3.63) is 71.3 Å². The second kappa shape index (κ2) is 7.09. The molecule has 0 amide bonds. The number of H-pyrrole nitrogens is 1. The highest BCUT2D eigenvalue weighted by Crippen LogP contribution is 2.30. The van der Waals surface area contributed by atoms with Gasteiger partial charge in [-0.1, -0.05) is 48.5 Å². The Balaban J connectivity index is 1.46. The van der Waals surface area contributed by atoms with E-state index in [4.69, 9.17) is 0 Å². The van der Waals surface area contributed by atoms with Crippen LogP contribution in [0.4, 0.5) is 0 Å². The first-order valence-electron chi connectivity index (χ1n) is 9.72. The first kappa shape index (κ1) is 17.5. The van der Waals surface area contributed by atoms with Gasteiger partial charge in [-0.25, -0.2) is 4.98 Å². The summed E-state index contributed by atoms with van der Waals surface area (Å²) in [5.74, 6) is 1.68. The summed E-state index contributed by atoms with van der Waals surface area (Å²) in [6.07, 6.45) is 2.40. The van der Waals surface area contributed by atoms with Gasteiger partial charge < -0.3 is 4.57 Å². The number of aromatic nitrogens is 6. The van der Waals surface area contributed by atoms with Gasteiger partial charge in [0.2, 0.25) is 5.82 Å². The first-order chi connectivity index (χ1) is 14.2. The Morgan fingerprint density at radius 1 is 1.03 bits per heavy atom. The molecule has 0 atom stereocenters. The molecule has 144 valence electrons. The Labute approximate surface area is 167 Å². The summed E-state index contributed by atoms with van der Waals surface area (Å²) >= 11 is 0. The van der Waals surface area contributed by atoms with Gasteiger partial charge in [-0.3, -0.25) is 4.79 Å². The number of benzene rings is 2. The number of carbonyl (C=O) groups is 1. The molecule has 1 aliphatic rings. The molecule has 1 N–H and O–H groups in total. The Morgan fingerprint density at radius 3 is 2.59 bits per heavy atom. The summed E-state index contributed by atoms with van der Waals surface area (Å²) in [6, 6.07) is 16.4. The summed E-state index contributed by atoms with van der Waals surface area (Å²) < 4.78 is 2.05. The molecular weight excluding hydrogens is 364 g/mol. The minimum atomic E-state index is 0.206. The SMILES string of the molecule is Cc1nc2c(n1Cc1ccc(-c3ccccc3-c3nn[nH]n3)cc1)C(=O)CCC2. The number of tetrazole rings is 1. The minimum absolute atomic E-state index is 0.206. The van der Waals surface area contributed by atoms with E-state index in [9.17, 15) is 4.79 Å². The van der Waals surface area contributed by atoms with Gasteiger partial charge in [-0.05, 0) is 41.7 Å². The topological polar surface area (TPSA) is 89.3 Å². The van der Waals surface area contributed by atoms with E-state index in [1.165, 1.54) is 0 Å². The maximum atomic E-state index is 12.4. The maximum Gasteiger partial charge on any atom is 0.205 e. The van der Waals surface area contributed by atoms with Gasteiger partial charge in [0.25, 0.3) is 0 Å². The maximum absolute atomic E-state index is 12.4. The van der Waals surface area contributed by atoms with E-state index in [2.05, 4.69) is 60.5 Å². The molecule has 0 fully saturated rings. The second-order valence-electron chi connectivity index (χ2n) is 7.30. The molecule has 0 saturated heterocycles. The van der Waals surface area contributed by atoms with Gasteiger partial charge in [0.15, 0.2) is 5.78 Å². The predicted octanol–water partition coefficient (Wildman–Crippen LogP) is 3.61. The minimum Gasteiger partial charge on any atom is -0.321 e. The molecule has 0 unspecified atom stereocenters. The van der Waals surface area contributed by atoms with Gasteiger partial charge in [0.05, 0.1) is 5.69 Å². The van der Waals surface area contributed by atoms with Crippen molar-refractivity contribution in [1.29, 1.82) is 0 Å². The van der Waals surface area contributed by atoms with Crippen LogP contribution in [-0.2, 0) is 13.0 Å². The van der Waals surface area contributed by atoms with Crippen LogP contribution in [-0.4, -0.2) is 36.0 Å². The molecule has 2 heterocycles. The number of carbonyl (C=O) groups excluding carboxylic acids is 1. The fourth-order valence-electron chi connectivity index (χ4n) is 4.02. The van der Waals surface area contributed by atoms with E-state index in [-0.39, 0.29) is 5.78 Å². The number of fused-ring (bicyclic) bond motifs is 1. The van der Waals surface area contributed by atoms with Crippen molar-refractivity contribution in [2.75, 3.05) is 0 Å². The summed E-state index contributed by atoms with van der Waals surface area (Å²) in [5, 5.41) is 14.4. The molecule has 7 heteroatoms. The van der Waals surface area contributed by atoms with Crippen LogP contribution >= 0.6 is 0 Å². The van der Waals surface area contributed by atoms with E-state index in [1.807, 2.05) is 25.1 Å². The summed E-state index contributed by atoms with van der Waals surface area (Å²) in [5.41, 5.74) is 5.93. The van der Waals surface area contributed by atoms with Gasteiger partial charge in [-0.2, -0.15) is 5.21 Å². The summed E-state index contributed by atoms with van der Waals surface area (Å²) in [4.78, 5) is 17.0. The fraction of sp³-hybridized carbons (Fsp3) is 0.227. The van der Waals surface area contributed by atoms with Crippen molar-refractivity contribution < 1.29 is 4.79 Å². The third kappa shape index (κ3) is 3.14. The summed E-state index contributed by atoms with van der Waals surface area (Å²) in [6.45, 7) is 2.62. The number of rotatable bonds is 4. The average Bonchev–Trinajstić information content (AvgIpc) is 3.38. The lowest BCUT2D eigenvalue weighted by Gasteiger charge is -2.14. The van der Waals surface area contributed by atoms with Crippen LogP contribution in [0, 0.1) is 6.92 Å². The second-order valence-corrected chi connectivity index (χ2v) is 7.30. The summed E-state index contributed by atoms with van der Waals surface area (Å²) in [7, 11) is 0. The van der Waals surface area contributed by atoms with Crippen LogP contribution in [0.3, 0.4) is 0 Å². The number of imidazole rings is 1. The fourth-order valence-corrected chi connectivity index (χ4v) is 4.02. The normalized spacial score (nSPS) is 13.5. The molecular formula is C22H20N6O. The monoisotopic (exact) mass is 384 g/mol. The molecule has 4 aromatic rings. The van der Waals surface area contributed by atoms with Crippen LogP contribution in [0.25, 0.3) is 22.5 Å². The van der Waals surface area contributed by atoms with Crippen molar-refractivity contribution >= 4 is 5.78 Å². The number of Topliss-reactive ketones (excluding diaryl/α,β-unsaturated/α-hetero) is 1. The molecule has 29 heavy (non-hydrogen) atoms. The molecule has 2 aromatic carbocycles. The van der Waals surface area contributed by atoms with E-state index in [0.717, 1.165) is 52.3 Å². The largest absolute Gasteiger partial charge is 0.321 e. The molecule has 2 aromatic heterocycles. The van der Waals surface area contributed by atoms with Gasteiger partial charge >= 0.3 is 0 Å². The zero-order valence-corrected chi connectivity index (χ0v) is 16.1. The number of nitrogens with zero attached hydrogens (tertiary/aromatic N) is 5. The number of hydrogen-bond acceptors (Lipinski definition) is 5. The lowest BCUT2D eigenvalue weighted by Crippen LogP contribution is -2.16. The lowest BCUT2D eigenvalue weighted by molar-refractivity contribution is 0.0963. The van der Waals surface area contributed by atoms with Crippen molar-refractivity contribution in [3.63, 3.8) is 0 Å². The van der Waals surface area contributed by atoms with Crippen LogP contribution < -0.4 is 0 Å². The quantitative estimate of drug-likeness (QED) is 0.581. The molecule has 5 rings (SSSR count). The van der Waals surface area contributed by atoms with Gasteiger partial charge in [0, 0.05) is 18.5 Å². The Morgan fingerprint density at radius 2 is 1.83 bits per heavy atom. The Kier molecular flexibility index (Phi) is 4.27. The van der Waals surface area contributed by atoms with E-state index >= 15 is 0 Å². The van der Waals surface area contributed by atoms with Crippen molar-refractivity contribution in [2.45, 2.75) is 32.7 Å². The molecule has 0 bridgehead atoms.